The first kappa shape index (κ1) is 16.5. The van der Waals surface area contributed by atoms with Crippen LogP contribution in [0.25, 0.3) is 0 Å². The van der Waals surface area contributed by atoms with Gasteiger partial charge in [-0.2, -0.15) is 0 Å². The van der Waals surface area contributed by atoms with Crippen LogP contribution < -0.4 is 5.32 Å². The minimum atomic E-state index is 0.424. The first-order chi connectivity index (χ1) is 10.1. The zero-order valence-corrected chi connectivity index (χ0v) is 14.1. The number of hydrogen-bond acceptors (Lipinski definition) is 3. The molecule has 2 rings (SSSR count). The van der Waals surface area contributed by atoms with Crippen molar-refractivity contribution in [1.29, 1.82) is 0 Å². The lowest BCUT2D eigenvalue weighted by molar-refractivity contribution is 0.206. The molecule has 118 valence electrons. The molecule has 2 atom stereocenters. The van der Waals surface area contributed by atoms with E-state index in [0.717, 1.165) is 19.1 Å². The molecule has 0 aromatic heterocycles. The fourth-order valence-electron chi connectivity index (χ4n) is 3.45. The van der Waals surface area contributed by atoms with Crippen molar-refractivity contribution < 1.29 is 0 Å². The van der Waals surface area contributed by atoms with Crippen LogP contribution in [0.5, 0.6) is 0 Å². The maximum Gasteiger partial charge on any atom is 0.0451 e. The molecule has 21 heavy (non-hydrogen) atoms. The molecule has 1 N–H and O–H groups in total. The highest BCUT2D eigenvalue weighted by Crippen LogP contribution is 2.20. The number of aryl methyl sites for hydroxylation is 1. The quantitative estimate of drug-likeness (QED) is 0.832. The van der Waals surface area contributed by atoms with Crippen LogP contribution in [0.3, 0.4) is 0 Å². The summed E-state index contributed by atoms with van der Waals surface area (Å²) in [5, 5.41) is 3.65. The fourth-order valence-corrected chi connectivity index (χ4v) is 3.45. The van der Waals surface area contributed by atoms with Gasteiger partial charge in [0.2, 0.25) is 0 Å². The lowest BCUT2D eigenvalue weighted by Gasteiger charge is -2.30. The maximum absolute atomic E-state index is 3.65. The molecule has 1 heterocycles. The summed E-state index contributed by atoms with van der Waals surface area (Å²) in [4.78, 5) is 5.00. The molecular weight excluding hydrogens is 258 g/mol. The number of hydrogen-bond donors (Lipinski definition) is 1. The second-order valence-electron chi connectivity index (χ2n) is 6.46. The van der Waals surface area contributed by atoms with Crippen LogP contribution in [0, 0.1) is 6.92 Å². The molecule has 2 unspecified atom stereocenters. The van der Waals surface area contributed by atoms with E-state index in [1.807, 2.05) is 0 Å². The maximum atomic E-state index is 3.65. The number of benzene rings is 1. The average molecular weight is 289 g/mol. The molecule has 1 saturated heterocycles. The molecule has 0 bridgehead atoms. The summed E-state index contributed by atoms with van der Waals surface area (Å²) in [7, 11) is 4.52. The third-order valence-electron chi connectivity index (χ3n) is 4.70. The Morgan fingerprint density at radius 1 is 1.38 bits per heavy atom. The van der Waals surface area contributed by atoms with Crippen LogP contribution >= 0.6 is 0 Å². The van der Waals surface area contributed by atoms with Gasteiger partial charge in [0.15, 0.2) is 0 Å². The van der Waals surface area contributed by atoms with E-state index >= 15 is 0 Å². The highest BCUT2D eigenvalue weighted by atomic mass is 15.2. The largest absolute Gasteiger partial charge is 0.309 e. The lowest BCUT2D eigenvalue weighted by Crippen LogP contribution is -2.40. The topological polar surface area (TPSA) is 18.5 Å². The molecule has 0 spiro atoms. The van der Waals surface area contributed by atoms with Gasteiger partial charge < -0.3 is 15.1 Å². The van der Waals surface area contributed by atoms with E-state index in [4.69, 9.17) is 0 Å². The van der Waals surface area contributed by atoms with Crippen LogP contribution in [0.15, 0.2) is 24.3 Å². The van der Waals surface area contributed by atoms with Crippen molar-refractivity contribution in [2.45, 2.75) is 38.8 Å². The highest BCUT2D eigenvalue weighted by molar-refractivity contribution is 5.29. The van der Waals surface area contributed by atoms with Gasteiger partial charge in [0.25, 0.3) is 0 Å². The van der Waals surface area contributed by atoms with Gasteiger partial charge in [-0.05, 0) is 58.1 Å². The fraction of sp³-hybridized carbons (Fsp3) is 0.667. The molecule has 1 aliphatic heterocycles. The van der Waals surface area contributed by atoms with E-state index in [1.165, 1.54) is 37.1 Å². The van der Waals surface area contributed by atoms with E-state index in [9.17, 15) is 0 Å². The van der Waals surface area contributed by atoms with Crippen LogP contribution in [0.1, 0.15) is 36.9 Å². The van der Waals surface area contributed by atoms with Crippen molar-refractivity contribution in [3.63, 3.8) is 0 Å². The van der Waals surface area contributed by atoms with Crippen LogP contribution in [-0.4, -0.2) is 56.1 Å². The molecule has 1 fully saturated rings. The van der Waals surface area contributed by atoms with Gasteiger partial charge in [0, 0.05) is 25.2 Å². The monoisotopic (exact) mass is 289 g/mol. The molecule has 1 aromatic carbocycles. The van der Waals surface area contributed by atoms with Crippen LogP contribution in [-0.2, 0) is 0 Å². The molecule has 0 radical (unpaired) electrons. The number of nitrogens with zero attached hydrogens (tertiary/aromatic N) is 2. The number of nitrogens with one attached hydrogen (secondary N) is 1. The van der Waals surface area contributed by atoms with Crippen LogP contribution in [0.4, 0.5) is 0 Å². The van der Waals surface area contributed by atoms with Gasteiger partial charge in [-0.25, -0.2) is 0 Å². The molecule has 1 aliphatic rings. The minimum absolute atomic E-state index is 0.424. The number of likely N-dealkylation sites (N-methyl/N-ethyl adjacent to an activating group) is 3. The van der Waals surface area contributed by atoms with E-state index < -0.39 is 0 Å². The second kappa shape index (κ2) is 7.92. The molecule has 1 aromatic rings. The molecule has 0 saturated carbocycles. The van der Waals surface area contributed by atoms with Crippen molar-refractivity contribution in [3.8, 4) is 0 Å². The third-order valence-corrected chi connectivity index (χ3v) is 4.70. The summed E-state index contributed by atoms with van der Waals surface area (Å²) >= 11 is 0. The molecule has 3 nitrogen and oxygen atoms in total. The predicted molar refractivity (Wildman–Crippen MR) is 90.7 cm³/mol. The van der Waals surface area contributed by atoms with Crippen LogP contribution in [0.2, 0.25) is 0 Å². The van der Waals surface area contributed by atoms with Crippen molar-refractivity contribution in [1.82, 2.24) is 15.1 Å². The first-order valence-electron chi connectivity index (χ1n) is 8.29. The zero-order chi connectivity index (χ0) is 15.2. The third kappa shape index (κ3) is 4.53. The average Bonchev–Trinajstić information content (AvgIpc) is 2.84. The summed E-state index contributed by atoms with van der Waals surface area (Å²) < 4.78 is 0. The standard InChI is InChI=1S/C18H31N3/c1-5-19-18(17-11-7-6-9-15(17)2)14-20(3)13-16-10-8-12-21(16)4/h6-7,9,11,16,18-19H,5,8,10,12-14H2,1-4H3. The lowest BCUT2D eigenvalue weighted by atomic mass is 10.0. The summed E-state index contributed by atoms with van der Waals surface area (Å²) in [6.07, 6.45) is 2.69. The zero-order valence-electron chi connectivity index (χ0n) is 14.1. The Kier molecular flexibility index (Phi) is 6.22. The predicted octanol–water partition coefficient (Wildman–Crippen LogP) is 2.67. The highest BCUT2D eigenvalue weighted by Gasteiger charge is 2.23. The molecular formula is C18H31N3. The number of rotatable bonds is 7. The first-order valence-corrected chi connectivity index (χ1v) is 8.29. The smallest absolute Gasteiger partial charge is 0.0451 e. The minimum Gasteiger partial charge on any atom is -0.309 e. The molecule has 0 amide bonds. The van der Waals surface area contributed by atoms with Gasteiger partial charge in [0.1, 0.15) is 0 Å². The van der Waals surface area contributed by atoms with E-state index in [-0.39, 0.29) is 0 Å². The normalized spacial score (nSPS) is 21.1. The van der Waals surface area contributed by atoms with E-state index in [0.29, 0.717) is 6.04 Å². The Balaban J connectivity index is 1.97. The summed E-state index contributed by atoms with van der Waals surface area (Å²) in [6.45, 7) is 8.91. The summed E-state index contributed by atoms with van der Waals surface area (Å²) in [6, 6.07) is 9.90. The van der Waals surface area contributed by atoms with Crippen molar-refractivity contribution in [2.75, 3.05) is 40.3 Å². The van der Waals surface area contributed by atoms with Gasteiger partial charge in [-0.1, -0.05) is 31.2 Å². The van der Waals surface area contributed by atoms with Gasteiger partial charge in [-0.15, -0.1) is 0 Å². The Bertz CT molecular complexity index is 432. The summed E-state index contributed by atoms with van der Waals surface area (Å²) in [5.74, 6) is 0. The van der Waals surface area contributed by atoms with Crippen molar-refractivity contribution in [3.05, 3.63) is 35.4 Å². The van der Waals surface area contributed by atoms with Gasteiger partial charge >= 0.3 is 0 Å². The molecule has 3 heteroatoms. The second-order valence-corrected chi connectivity index (χ2v) is 6.46. The van der Waals surface area contributed by atoms with Gasteiger partial charge in [0.05, 0.1) is 0 Å². The van der Waals surface area contributed by atoms with Crippen molar-refractivity contribution in [2.24, 2.45) is 0 Å². The number of likely N-dealkylation sites (tertiary alicyclic amines) is 1. The van der Waals surface area contributed by atoms with Gasteiger partial charge in [-0.3, -0.25) is 0 Å². The Morgan fingerprint density at radius 3 is 2.76 bits per heavy atom. The SMILES string of the molecule is CCNC(CN(C)CC1CCCN1C)c1ccccc1C. The van der Waals surface area contributed by atoms with E-state index in [1.54, 1.807) is 0 Å². The molecule has 0 aliphatic carbocycles. The Morgan fingerprint density at radius 2 is 2.14 bits per heavy atom. The van der Waals surface area contributed by atoms with E-state index in [2.05, 4.69) is 67.3 Å². The Labute approximate surface area is 130 Å². The van der Waals surface area contributed by atoms with Crippen molar-refractivity contribution >= 4 is 0 Å². The summed E-state index contributed by atoms with van der Waals surface area (Å²) in [5.41, 5.74) is 2.82. The Hall–Kier alpha value is -0.900.